The third kappa shape index (κ3) is 3.85. The van der Waals surface area contributed by atoms with Crippen LogP contribution in [0.5, 0.6) is 0 Å². The molecular formula is C21H27NaO8S. The van der Waals surface area contributed by atoms with E-state index in [1.165, 1.54) is 0 Å². The van der Waals surface area contributed by atoms with Gasteiger partial charge in [-0.25, -0.2) is 8.42 Å². The van der Waals surface area contributed by atoms with E-state index in [1.807, 2.05) is 13.0 Å². The number of hydrogen-bond acceptors (Lipinski definition) is 8. The predicted molar refractivity (Wildman–Crippen MR) is 104 cm³/mol. The zero-order valence-electron chi connectivity index (χ0n) is 18.0. The van der Waals surface area contributed by atoms with Gasteiger partial charge in [-0.2, -0.15) is 0 Å². The molecule has 166 valence electrons. The molecule has 0 heterocycles. The number of allylic oxidation sites excluding steroid dienone is 4. The van der Waals surface area contributed by atoms with Crippen LogP contribution in [0.1, 0.15) is 46.0 Å². The third-order valence-corrected chi connectivity index (χ3v) is 8.85. The van der Waals surface area contributed by atoms with Gasteiger partial charge in [0.2, 0.25) is 10.4 Å². The molecule has 4 aliphatic rings. The zero-order chi connectivity index (χ0) is 22.1. The molecule has 7 atom stereocenters. The maximum Gasteiger partial charge on any atom is 1.00 e. The zero-order valence-corrected chi connectivity index (χ0v) is 20.9. The fraction of sp³-hybridized carbons (Fsp3) is 0.714. The standard InChI is InChI=1S/C21H28O8S.Na/c1-19-7-5-13(22)9-12(19)3-4-14-15-6-8-21(25,17(24)11-29-30(26,27)28)20(15,2)10-16(23)18(14)19;/h5,7,9,14-16,18,23,25H,3-4,6,8,10-11H2,1-2H3,(H,26,27,28);/q;+1/p-1/t14?,15-,16-,18+,19-,20-,21-;/m0./s1. The maximum absolute atomic E-state index is 12.7. The molecule has 3 saturated carbocycles. The Bertz CT molecular complexity index is 958. The van der Waals surface area contributed by atoms with Crippen LogP contribution >= 0.6 is 0 Å². The summed E-state index contributed by atoms with van der Waals surface area (Å²) < 4.78 is 36.4. The van der Waals surface area contributed by atoms with Crippen molar-refractivity contribution in [3.63, 3.8) is 0 Å². The Morgan fingerprint density at radius 2 is 2.00 bits per heavy atom. The van der Waals surface area contributed by atoms with Gasteiger partial charge in [0.15, 0.2) is 11.6 Å². The van der Waals surface area contributed by atoms with Crippen LogP contribution in [0.3, 0.4) is 0 Å². The second kappa shape index (κ2) is 8.13. The number of carbonyl (C=O) groups excluding carboxylic acids is 2. The Labute approximate surface area is 204 Å². The van der Waals surface area contributed by atoms with E-state index in [-0.39, 0.29) is 65.9 Å². The molecule has 0 bridgehead atoms. The molecule has 0 aromatic rings. The van der Waals surface area contributed by atoms with Crippen LogP contribution < -0.4 is 29.6 Å². The number of carbonyl (C=O) groups is 2. The minimum atomic E-state index is -5.05. The van der Waals surface area contributed by atoms with Crippen molar-refractivity contribution in [3.05, 3.63) is 23.8 Å². The molecule has 0 radical (unpaired) electrons. The van der Waals surface area contributed by atoms with Crippen LogP contribution in [0.25, 0.3) is 0 Å². The first kappa shape index (κ1) is 25.2. The average Bonchev–Trinajstić information content (AvgIpc) is 2.91. The van der Waals surface area contributed by atoms with E-state index in [1.54, 1.807) is 19.1 Å². The molecule has 3 fully saturated rings. The molecule has 31 heavy (non-hydrogen) atoms. The van der Waals surface area contributed by atoms with E-state index in [9.17, 15) is 32.8 Å². The van der Waals surface area contributed by atoms with Crippen molar-refractivity contribution >= 4 is 22.0 Å². The van der Waals surface area contributed by atoms with E-state index in [4.69, 9.17) is 0 Å². The predicted octanol–water partition coefficient (Wildman–Crippen LogP) is -1.95. The summed E-state index contributed by atoms with van der Waals surface area (Å²) >= 11 is 0. The Kier molecular flexibility index (Phi) is 6.62. The Morgan fingerprint density at radius 3 is 2.65 bits per heavy atom. The van der Waals surface area contributed by atoms with Gasteiger partial charge in [-0.05, 0) is 56.1 Å². The number of rotatable bonds is 4. The van der Waals surface area contributed by atoms with Crippen molar-refractivity contribution in [2.75, 3.05) is 6.61 Å². The molecule has 0 aliphatic heterocycles. The van der Waals surface area contributed by atoms with E-state index >= 15 is 0 Å². The summed E-state index contributed by atoms with van der Waals surface area (Å²) in [6.07, 6.45) is 6.55. The molecular weight excluding hydrogens is 435 g/mol. The summed E-state index contributed by atoms with van der Waals surface area (Å²) in [6, 6.07) is 0. The third-order valence-electron chi connectivity index (χ3n) is 8.44. The first-order chi connectivity index (χ1) is 13.8. The number of fused-ring (bicyclic) bond motifs is 5. The number of hydrogen-bond donors (Lipinski definition) is 2. The second-order valence-electron chi connectivity index (χ2n) is 9.70. The van der Waals surface area contributed by atoms with E-state index in [2.05, 4.69) is 4.18 Å². The first-order valence-electron chi connectivity index (χ1n) is 10.3. The van der Waals surface area contributed by atoms with E-state index < -0.39 is 45.3 Å². The minimum absolute atomic E-state index is 0. The summed E-state index contributed by atoms with van der Waals surface area (Å²) in [6.45, 7) is 2.79. The number of ketones is 2. The van der Waals surface area contributed by atoms with Gasteiger partial charge in [0.1, 0.15) is 12.2 Å². The largest absolute Gasteiger partial charge is 1.00 e. The Morgan fingerprint density at radius 1 is 1.32 bits per heavy atom. The van der Waals surface area contributed by atoms with E-state index in [0.717, 1.165) is 12.0 Å². The van der Waals surface area contributed by atoms with Crippen molar-refractivity contribution < 1.29 is 66.5 Å². The topological polar surface area (TPSA) is 141 Å². The molecule has 10 heteroatoms. The van der Waals surface area contributed by atoms with Gasteiger partial charge in [-0.3, -0.25) is 13.8 Å². The Hall–Kier alpha value is -0.390. The van der Waals surface area contributed by atoms with Crippen LogP contribution in [0, 0.1) is 28.6 Å². The van der Waals surface area contributed by atoms with Crippen LogP contribution in [0.2, 0.25) is 0 Å². The summed E-state index contributed by atoms with van der Waals surface area (Å²) in [5.41, 5.74) is -2.28. The molecule has 0 aromatic carbocycles. The van der Waals surface area contributed by atoms with Gasteiger partial charge < -0.3 is 14.8 Å². The van der Waals surface area contributed by atoms with Crippen molar-refractivity contribution in [1.29, 1.82) is 0 Å². The maximum atomic E-state index is 12.7. The number of aliphatic hydroxyl groups is 2. The molecule has 0 saturated heterocycles. The average molecular weight is 462 g/mol. The molecule has 1 unspecified atom stereocenters. The van der Waals surface area contributed by atoms with Gasteiger partial charge in [-0.15, -0.1) is 0 Å². The molecule has 8 nitrogen and oxygen atoms in total. The monoisotopic (exact) mass is 462 g/mol. The summed E-state index contributed by atoms with van der Waals surface area (Å²) in [5.74, 6) is -1.07. The van der Waals surface area contributed by atoms with Gasteiger partial charge in [0, 0.05) is 16.7 Å². The van der Waals surface area contributed by atoms with Crippen LogP contribution in [-0.2, 0) is 24.2 Å². The molecule has 4 rings (SSSR count). The normalized spacial score (nSPS) is 43.9. The van der Waals surface area contributed by atoms with Crippen molar-refractivity contribution in [2.45, 2.75) is 57.7 Å². The fourth-order valence-electron chi connectivity index (χ4n) is 7.03. The quantitative estimate of drug-likeness (QED) is 0.279. The molecule has 4 aliphatic carbocycles. The molecule has 0 amide bonds. The molecule has 0 aromatic heterocycles. The van der Waals surface area contributed by atoms with Crippen LogP contribution in [0.15, 0.2) is 23.8 Å². The minimum Gasteiger partial charge on any atom is -0.726 e. The molecule has 0 spiro atoms. The SMILES string of the molecule is C[C@]12C=CC(=O)C=C1CCC1[C@@H]2[C@@H](O)C[C@@]2(C)[C@H]1CC[C@]2(O)C(=O)COS(=O)(=O)[O-].[Na+]. The fourth-order valence-corrected chi connectivity index (χ4v) is 7.29. The van der Waals surface area contributed by atoms with E-state index in [0.29, 0.717) is 12.8 Å². The summed E-state index contributed by atoms with van der Waals surface area (Å²) in [7, 11) is -5.05. The number of aliphatic hydroxyl groups excluding tert-OH is 1. The second-order valence-corrected chi connectivity index (χ2v) is 10.8. The van der Waals surface area contributed by atoms with Crippen molar-refractivity contribution in [1.82, 2.24) is 0 Å². The first-order valence-corrected chi connectivity index (χ1v) is 11.6. The van der Waals surface area contributed by atoms with Gasteiger partial charge >= 0.3 is 29.6 Å². The van der Waals surface area contributed by atoms with Crippen molar-refractivity contribution in [3.8, 4) is 0 Å². The summed E-state index contributed by atoms with van der Waals surface area (Å²) in [5, 5.41) is 22.6. The van der Waals surface area contributed by atoms with Gasteiger partial charge in [-0.1, -0.05) is 25.5 Å². The van der Waals surface area contributed by atoms with Crippen LogP contribution in [-0.4, -0.2) is 53.1 Å². The smallest absolute Gasteiger partial charge is 0.726 e. The van der Waals surface area contributed by atoms with Gasteiger partial charge in [0.05, 0.1) is 6.10 Å². The summed E-state index contributed by atoms with van der Waals surface area (Å²) in [4.78, 5) is 24.6. The molecule has 2 N–H and O–H groups in total. The Balaban J connectivity index is 0.00000272. The van der Waals surface area contributed by atoms with Crippen molar-refractivity contribution in [2.24, 2.45) is 28.6 Å². The number of Topliss-reactive ketones (excluding diaryl/α,β-unsaturated/α-hetero) is 1. The van der Waals surface area contributed by atoms with Gasteiger partial charge in [0.25, 0.3) is 0 Å². The van der Waals surface area contributed by atoms with Crippen LogP contribution in [0.4, 0.5) is 0 Å².